The molecular weight excluding hydrogens is 218 g/mol. The van der Waals surface area contributed by atoms with Gasteiger partial charge in [-0.2, -0.15) is 0 Å². The number of carbonyl (C=O) groups excluding carboxylic acids is 1. The largest absolute Gasteiger partial charge is 0.481 e. The molecule has 1 rings (SSSR count). The molecule has 0 aromatic carbocycles. The number of aromatic nitrogens is 1. The van der Waals surface area contributed by atoms with Crippen molar-refractivity contribution < 1.29 is 14.3 Å². The van der Waals surface area contributed by atoms with Crippen molar-refractivity contribution in [3.8, 4) is 5.88 Å². The number of pyridine rings is 1. The van der Waals surface area contributed by atoms with Gasteiger partial charge in [0.15, 0.2) is 0 Å². The Bertz CT molecular complexity index is 365. The molecule has 0 fully saturated rings. The van der Waals surface area contributed by atoms with Crippen LogP contribution in [0.4, 0.5) is 0 Å². The summed E-state index contributed by atoms with van der Waals surface area (Å²) in [6.45, 7) is 4.26. The molecule has 1 heterocycles. The third kappa shape index (κ3) is 3.73. The average molecular weight is 237 g/mol. The predicted octanol–water partition coefficient (Wildman–Crippen LogP) is 2.54. The highest BCUT2D eigenvalue weighted by molar-refractivity contribution is 5.78. The number of rotatable bonds is 6. The monoisotopic (exact) mass is 237 g/mol. The Hall–Kier alpha value is -1.58. The molecule has 0 spiro atoms. The zero-order valence-corrected chi connectivity index (χ0v) is 10.6. The summed E-state index contributed by atoms with van der Waals surface area (Å²) in [7, 11) is 1.56. The molecule has 0 aliphatic heterocycles. The highest BCUT2D eigenvalue weighted by atomic mass is 16.5. The second kappa shape index (κ2) is 6.89. The number of nitrogens with zero attached hydrogens (tertiary/aromatic N) is 1. The topological polar surface area (TPSA) is 48.4 Å². The summed E-state index contributed by atoms with van der Waals surface area (Å²) in [6, 6.07) is 3.62. The summed E-state index contributed by atoms with van der Waals surface area (Å²) in [6.07, 6.45) is 3.34. The van der Waals surface area contributed by atoms with E-state index in [9.17, 15) is 4.79 Å². The van der Waals surface area contributed by atoms with Crippen molar-refractivity contribution in [1.29, 1.82) is 0 Å². The average Bonchev–Trinajstić information content (AvgIpc) is 2.36. The zero-order valence-electron chi connectivity index (χ0n) is 10.6. The van der Waals surface area contributed by atoms with Crippen LogP contribution >= 0.6 is 0 Å². The molecule has 1 atom stereocenters. The van der Waals surface area contributed by atoms with Crippen molar-refractivity contribution in [2.45, 2.75) is 32.6 Å². The summed E-state index contributed by atoms with van der Waals surface area (Å²) in [5, 5.41) is 0. The Kier molecular flexibility index (Phi) is 5.46. The number of carbonyl (C=O) groups is 1. The Labute approximate surface area is 102 Å². The highest BCUT2D eigenvalue weighted by Crippen LogP contribution is 2.24. The molecule has 0 bridgehead atoms. The van der Waals surface area contributed by atoms with Gasteiger partial charge in [0.05, 0.1) is 19.6 Å². The van der Waals surface area contributed by atoms with Crippen molar-refractivity contribution in [3.05, 3.63) is 23.9 Å². The summed E-state index contributed by atoms with van der Waals surface area (Å²) < 4.78 is 10.1. The fourth-order valence-corrected chi connectivity index (χ4v) is 1.71. The second-order valence-electron chi connectivity index (χ2n) is 3.72. The van der Waals surface area contributed by atoms with Crippen LogP contribution < -0.4 is 4.74 Å². The van der Waals surface area contributed by atoms with Gasteiger partial charge in [0.1, 0.15) is 0 Å². The minimum Gasteiger partial charge on any atom is -0.481 e. The van der Waals surface area contributed by atoms with Gasteiger partial charge in [-0.05, 0) is 25.0 Å². The Morgan fingerprint density at radius 2 is 2.24 bits per heavy atom. The molecule has 0 aliphatic carbocycles. The van der Waals surface area contributed by atoms with Crippen molar-refractivity contribution in [2.24, 2.45) is 0 Å². The second-order valence-corrected chi connectivity index (χ2v) is 3.72. The van der Waals surface area contributed by atoms with E-state index in [1.54, 1.807) is 19.4 Å². The van der Waals surface area contributed by atoms with E-state index < -0.39 is 0 Å². The van der Waals surface area contributed by atoms with Gasteiger partial charge in [0.2, 0.25) is 5.88 Å². The van der Waals surface area contributed by atoms with E-state index >= 15 is 0 Å². The van der Waals surface area contributed by atoms with Gasteiger partial charge in [-0.3, -0.25) is 4.79 Å². The van der Waals surface area contributed by atoms with Crippen LogP contribution in [0.1, 0.15) is 38.2 Å². The van der Waals surface area contributed by atoms with Crippen LogP contribution in [0, 0.1) is 0 Å². The standard InChI is InChI=1S/C13H19NO3/c1-4-6-11(13(15)17-5-2)10-7-8-14-12(9-10)16-3/h7-9,11H,4-6H2,1-3H3. The molecule has 1 aromatic rings. The summed E-state index contributed by atoms with van der Waals surface area (Å²) in [4.78, 5) is 15.9. The lowest BCUT2D eigenvalue weighted by Gasteiger charge is -2.15. The number of methoxy groups -OCH3 is 1. The maximum Gasteiger partial charge on any atom is 0.313 e. The van der Waals surface area contributed by atoms with Gasteiger partial charge in [-0.15, -0.1) is 0 Å². The molecule has 1 aromatic heterocycles. The first-order valence-electron chi connectivity index (χ1n) is 5.89. The van der Waals surface area contributed by atoms with Gasteiger partial charge in [0.25, 0.3) is 0 Å². The highest BCUT2D eigenvalue weighted by Gasteiger charge is 2.21. The molecule has 4 heteroatoms. The van der Waals surface area contributed by atoms with Crippen LogP contribution in [0.15, 0.2) is 18.3 Å². The molecule has 0 saturated heterocycles. The van der Waals surface area contributed by atoms with E-state index in [1.165, 1.54) is 0 Å². The smallest absolute Gasteiger partial charge is 0.313 e. The van der Waals surface area contributed by atoms with Crippen LogP contribution in [0.25, 0.3) is 0 Å². The quantitative estimate of drug-likeness (QED) is 0.713. The maximum absolute atomic E-state index is 11.8. The number of hydrogen-bond acceptors (Lipinski definition) is 4. The number of hydrogen-bond donors (Lipinski definition) is 0. The first-order chi connectivity index (χ1) is 8.22. The van der Waals surface area contributed by atoms with Gasteiger partial charge < -0.3 is 9.47 Å². The molecule has 0 saturated carbocycles. The van der Waals surface area contributed by atoms with E-state index in [-0.39, 0.29) is 11.9 Å². The third-order valence-electron chi connectivity index (χ3n) is 2.52. The number of ether oxygens (including phenoxy) is 2. The fraction of sp³-hybridized carbons (Fsp3) is 0.538. The van der Waals surface area contributed by atoms with Gasteiger partial charge in [-0.25, -0.2) is 4.98 Å². The molecule has 4 nitrogen and oxygen atoms in total. The van der Waals surface area contributed by atoms with Crippen LogP contribution in [-0.4, -0.2) is 24.7 Å². The minimum atomic E-state index is -0.225. The van der Waals surface area contributed by atoms with E-state index in [0.29, 0.717) is 12.5 Å². The minimum absolute atomic E-state index is 0.178. The van der Waals surface area contributed by atoms with Crippen molar-refractivity contribution in [1.82, 2.24) is 4.98 Å². The van der Waals surface area contributed by atoms with Crippen LogP contribution in [0.2, 0.25) is 0 Å². The lowest BCUT2D eigenvalue weighted by atomic mass is 9.95. The van der Waals surface area contributed by atoms with Crippen LogP contribution in [0.5, 0.6) is 5.88 Å². The van der Waals surface area contributed by atoms with E-state index in [4.69, 9.17) is 9.47 Å². The first-order valence-corrected chi connectivity index (χ1v) is 5.89. The maximum atomic E-state index is 11.8. The third-order valence-corrected chi connectivity index (χ3v) is 2.52. The Morgan fingerprint density at radius 3 is 2.82 bits per heavy atom. The molecule has 0 radical (unpaired) electrons. The zero-order chi connectivity index (χ0) is 12.7. The van der Waals surface area contributed by atoms with E-state index in [1.807, 2.05) is 19.9 Å². The molecule has 94 valence electrons. The normalized spacial score (nSPS) is 11.9. The molecular formula is C13H19NO3. The van der Waals surface area contributed by atoms with E-state index in [2.05, 4.69) is 4.98 Å². The van der Waals surface area contributed by atoms with Gasteiger partial charge >= 0.3 is 5.97 Å². The lowest BCUT2D eigenvalue weighted by molar-refractivity contribution is -0.145. The van der Waals surface area contributed by atoms with Gasteiger partial charge in [-0.1, -0.05) is 13.3 Å². The van der Waals surface area contributed by atoms with Crippen molar-refractivity contribution in [2.75, 3.05) is 13.7 Å². The Balaban J connectivity index is 2.91. The first kappa shape index (κ1) is 13.5. The van der Waals surface area contributed by atoms with Crippen molar-refractivity contribution in [3.63, 3.8) is 0 Å². The molecule has 0 N–H and O–H groups in total. The molecule has 1 unspecified atom stereocenters. The fourth-order valence-electron chi connectivity index (χ4n) is 1.71. The number of esters is 1. The van der Waals surface area contributed by atoms with Crippen LogP contribution in [-0.2, 0) is 9.53 Å². The SMILES string of the molecule is CCCC(C(=O)OCC)c1ccnc(OC)c1. The molecule has 0 amide bonds. The lowest BCUT2D eigenvalue weighted by Crippen LogP contribution is -2.16. The molecule has 17 heavy (non-hydrogen) atoms. The molecule has 0 aliphatic rings. The van der Waals surface area contributed by atoms with E-state index in [0.717, 1.165) is 18.4 Å². The van der Waals surface area contributed by atoms with Crippen LogP contribution in [0.3, 0.4) is 0 Å². The summed E-state index contributed by atoms with van der Waals surface area (Å²) in [5.74, 6) is 0.118. The Morgan fingerprint density at radius 1 is 1.47 bits per heavy atom. The van der Waals surface area contributed by atoms with Crippen molar-refractivity contribution >= 4 is 5.97 Å². The summed E-state index contributed by atoms with van der Waals surface area (Å²) in [5.41, 5.74) is 0.900. The summed E-state index contributed by atoms with van der Waals surface area (Å²) >= 11 is 0. The van der Waals surface area contributed by atoms with Gasteiger partial charge in [0, 0.05) is 12.3 Å². The predicted molar refractivity (Wildman–Crippen MR) is 65.1 cm³/mol.